The van der Waals surface area contributed by atoms with Gasteiger partial charge in [0.1, 0.15) is 25.2 Å². The van der Waals surface area contributed by atoms with Gasteiger partial charge in [0.05, 0.1) is 6.61 Å². The highest BCUT2D eigenvalue weighted by atomic mass is 16.5. The average Bonchev–Trinajstić information content (AvgIpc) is 2.73. The second kappa shape index (κ2) is 5.43. The van der Waals surface area contributed by atoms with E-state index in [2.05, 4.69) is 24.3 Å². The number of nitrogens with one attached hydrogen (secondary N) is 1. The summed E-state index contributed by atoms with van der Waals surface area (Å²) in [4.78, 5) is 1.43. The Labute approximate surface area is 96.6 Å². The van der Waals surface area contributed by atoms with Crippen molar-refractivity contribution in [2.24, 2.45) is 0 Å². The normalized spacial score (nSPS) is 29.5. The molecule has 3 heteroatoms. The molecule has 88 valence electrons. The molecule has 1 saturated heterocycles. The zero-order chi connectivity index (χ0) is 11.4. The van der Waals surface area contributed by atoms with E-state index in [-0.39, 0.29) is 6.61 Å². The van der Waals surface area contributed by atoms with E-state index in [9.17, 15) is 5.11 Å². The van der Waals surface area contributed by atoms with Crippen LogP contribution in [0.3, 0.4) is 0 Å². The van der Waals surface area contributed by atoms with Crippen LogP contribution in [-0.4, -0.2) is 37.5 Å². The summed E-state index contributed by atoms with van der Waals surface area (Å²) in [7, 11) is 1.75. The van der Waals surface area contributed by atoms with E-state index in [1.54, 1.807) is 7.11 Å². The number of quaternary nitrogens is 1. The van der Waals surface area contributed by atoms with E-state index in [4.69, 9.17) is 4.74 Å². The lowest BCUT2D eigenvalue weighted by atomic mass is 10.2. The summed E-state index contributed by atoms with van der Waals surface area (Å²) in [5.41, 5.74) is 1.33. The molecular formula is C13H20NO2+. The Morgan fingerprint density at radius 3 is 2.75 bits per heavy atom. The van der Waals surface area contributed by atoms with Crippen molar-refractivity contribution in [3.63, 3.8) is 0 Å². The van der Waals surface area contributed by atoms with Crippen molar-refractivity contribution < 1.29 is 14.7 Å². The number of likely N-dealkylation sites (tertiary alicyclic amines) is 1. The summed E-state index contributed by atoms with van der Waals surface area (Å²) < 4.78 is 5.38. The third-order valence-electron chi connectivity index (χ3n) is 3.44. The lowest BCUT2D eigenvalue weighted by Crippen LogP contribution is -3.13. The van der Waals surface area contributed by atoms with Gasteiger partial charge in [-0.15, -0.1) is 0 Å². The predicted octanol–water partition coefficient (Wildman–Crippen LogP) is -0.149. The third kappa shape index (κ3) is 2.61. The van der Waals surface area contributed by atoms with Gasteiger partial charge in [-0.2, -0.15) is 0 Å². The molecule has 1 heterocycles. The lowest BCUT2D eigenvalue weighted by Gasteiger charge is -2.19. The number of hydrogen-bond acceptors (Lipinski definition) is 2. The molecule has 1 aliphatic heterocycles. The molecule has 0 aliphatic carbocycles. The van der Waals surface area contributed by atoms with Crippen molar-refractivity contribution in [3.8, 4) is 0 Å². The standard InChI is InChI=1S/C13H19NO2/c1-16-13-7-12(10-15)14(9-13)8-11-5-3-2-4-6-11/h2-6,12-13,15H,7-10H2,1H3/p+1/t12-,13-/m1/s1. The smallest absolute Gasteiger partial charge is 0.114 e. The lowest BCUT2D eigenvalue weighted by molar-refractivity contribution is -0.927. The fourth-order valence-electron chi connectivity index (χ4n) is 2.48. The van der Waals surface area contributed by atoms with Crippen LogP contribution in [0, 0.1) is 0 Å². The zero-order valence-corrected chi connectivity index (χ0v) is 9.73. The van der Waals surface area contributed by atoms with Crippen LogP contribution >= 0.6 is 0 Å². The number of rotatable bonds is 4. The van der Waals surface area contributed by atoms with Gasteiger partial charge in [-0.05, 0) is 0 Å². The first kappa shape index (κ1) is 11.6. The molecule has 1 aliphatic rings. The fourth-order valence-corrected chi connectivity index (χ4v) is 2.48. The Hall–Kier alpha value is -0.900. The average molecular weight is 222 g/mol. The first-order chi connectivity index (χ1) is 7.83. The Bertz CT molecular complexity index is 315. The molecule has 2 N–H and O–H groups in total. The van der Waals surface area contributed by atoms with E-state index >= 15 is 0 Å². The van der Waals surface area contributed by atoms with Crippen molar-refractivity contribution in [2.75, 3.05) is 20.3 Å². The highest BCUT2D eigenvalue weighted by Gasteiger charge is 2.35. The molecule has 1 aromatic carbocycles. The Balaban J connectivity index is 1.98. The van der Waals surface area contributed by atoms with E-state index in [1.165, 1.54) is 10.5 Å². The van der Waals surface area contributed by atoms with Crippen molar-refractivity contribution in [2.45, 2.75) is 25.1 Å². The first-order valence-electron chi connectivity index (χ1n) is 5.85. The number of aliphatic hydroxyl groups excluding tert-OH is 1. The van der Waals surface area contributed by atoms with Gasteiger partial charge in [0.15, 0.2) is 0 Å². The minimum atomic E-state index is 0.252. The quantitative estimate of drug-likeness (QED) is 0.743. The van der Waals surface area contributed by atoms with Crippen LogP contribution in [0.4, 0.5) is 0 Å². The van der Waals surface area contributed by atoms with Crippen LogP contribution in [0.5, 0.6) is 0 Å². The number of benzene rings is 1. The van der Waals surface area contributed by atoms with Gasteiger partial charge in [-0.25, -0.2) is 0 Å². The van der Waals surface area contributed by atoms with Crippen LogP contribution in [0.2, 0.25) is 0 Å². The molecule has 0 aromatic heterocycles. The topological polar surface area (TPSA) is 33.9 Å². The van der Waals surface area contributed by atoms with Gasteiger partial charge in [0, 0.05) is 19.1 Å². The van der Waals surface area contributed by atoms with Crippen LogP contribution in [0.1, 0.15) is 12.0 Å². The molecule has 0 saturated carbocycles. The second-order valence-electron chi connectivity index (χ2n) is 4.50. The minimum Gasteiger partial charge on any atom is -0.390 e. The monoisotopic (exact) mass is 222 g/mol. The Morgan fingerprint density at radius 1 is 1.38 bits per heavy atom. The van der Waals surface area contributed by atoms with Crippen molar-refractivity contribution in [3.05, 3.63) is 35.9 Å². The van der Waals surface area contributed by atoms with Gasteiger partial charge < -0.3 is 14.7 Å². The number of ether oxygens (including phenoxy) is 1. The molecule has 0 spiro atoms. The van der Waals surface area contributed by atoms with Gasteiger partial charge in [-0.1, -0.05) is 30.3 Å². The summed E-state index contributed by atoms with van der Waals surface area (Å²) in [6.07, 6.45) is 1.27. The van der Waals surface area contributed by atoms with Gasteiger partial charge >= 0.3 is 0 Å². The van der Waals surface area contributed by atoms with Gasteiger partial charge in [0.25, 0.3) is 0 Å². The maximum atomic E-state index is 9.35. The van der Waals surface area contributed by atoms with Crippen molar-refractivity contribution in [1.29, 1.82) is 0 Å². The Morgan fingerprint density at radius 2 is 2.12 bits per heavy atom. The summed E-state index contributed by atoms with van der Waals surface area (Å²) in [5, 5.41) is 9.35. The molecule has 0 amide bonds. The van der Waals surface area contributed by atoms with Crippen molar-refractivity contribution >= 4 is 0 Å². The summed E-state index contributed by atoms with van der Waals surface area (Å²) in [6, 6.07) is 10.8. The maximum Gasteiger partial charge on any atom is 0.114 e. The highest BCUT2D eigenvalue weighted by molar-refractivity contribution is 5.13. The molecule has 1 fully saturated rings. The van der Waals surface area contributed by atoms with E-state index in [0.717, 1.165) is 19.5 Å². The van der Waals surface area contributed by atoms with E-state index in [0.29, 0.717) is 12.1 Å². The van der Waals surface area contributed by atoms with Gasteiger partial charge in [0.2, 0.25) is 0 Å². The molecular weight excluding hydrogens is 202 g/mol. The highest BCUT2D eigenvalue weighted by Crippen LogP contribution is 2.06. The van der Waals surface area contributed by atoms with Crippen LogP contribution in [0.25, 0.3) is 0 Å². The Kier molecular flexibility index (Phi) is 3.93. The number of methoxy groups -OCH3 is 1. The molecule has 2 rings (SSSR count). The van der Waals surface area contributed by atoms with Crippen LogP contribution < -0.4 is 4.90 Å². The van der Waals surface area contributed by atoms with Crippen LogP contribution in [-0.2, 0) is 11.3 Å². The largest absolute Gasteiger partial charge is 0.390 e. The number of aliphatic hydroxyl groups is 1. The molecule has 0 bridgehead atoms. The molecule has 16 heavy (non-hydrogen) atoms. The summed E-state index contributed by atoms with van der Waals surface area (Å²) in [6.45, 7) is 2.23. The fraction of sp³-hybridized carbons (Fsp3) is 0.538. The zero-order valence-electron chi connectivity index (χ0n) is 9.73. The molecule has 1 aromatic rings. The SMILES string of the molecule is CO[C@@H]1C[C@H](CO)[NH+](Cc2ccccc2)C1. The summed E-state index contributed by atoms with van der Waals surface area (Å²) >= 11 is 0. The molecule has 3 nitrogen and oxygen atoms in total. The number of hydrogen-bond donors (Lipinski definition) is 2. The second-order valence-corrected chi connectivity index (χ2v) is 4.50. The minimum absolute atomic E-state index is 0.252. The summed E-state index contributed by atoms with van der Waals surface area (Å²) in [5.74, 6) is 0. The maximum absolute atomic E-state index is 9.35. The molecule has 0 radical (unpaired) electrons. The van der Waals surface area contributed by atoms with Gasteiger partial charge in [-0.3, -0.25) is 0 Å². The van der Waals surface area contributed by atoms with E-state index in [1.807, 2.05) is 6.07 Å². The molecule has 3 atom stereocenters. The van der Waals surface area contributed by atoms with Crippen molar-refractivity contribution in [1.82, 2.24) is 0 Å². The first-order valence-corrected chi connectivity index (χ1v) is 5.85. The van der Waals surface area contributed by atoms with Crippen LogP contribution in [0.15, 0.2) is 30.3 Å². The molecule has 1 unspecified atom stereocenters. The predicted molar refractivity (Wildman–Crippen MR) is 62.3 cm³/mol. The third-order valence-corrected chi connectivity index (χ3v) is 3.44. The van der Waals surface area contributed by atoms with E-state index < -0.39 is 0 Å².